The molecule has 1 aliphatic heterocycles. The monoisotopic (exact) mass is 455 g/mol. The summed E-state index contributed by atoms with van der Waals surface area (Å²) in [5, 5.41) is 10.9. The summed E-state index contributed by atoms with van der Waals surface area (Å²) in [5.41, 5.74) is 2.47. The van der Waals surface area contributed by atoms with Crippen molar-refractivity contribution in [2.24, 2.45) is 5.41 Å². The predicted molar refractivity (Wildman–Crippen MR) is 123 cm³/mol. The number of benzene rings is 2. The van der Waals surface area contributed by atoms with Gasteiger partial charge >= 0.3 is 0 Å². The lowest BCUT2D eigenvalue weighted by Gasteiger charge is -2.43. The number of rotatable bonds is 4. The van der Waals surface area contributed by atoms with Crippen molar-refractivity contribution in [1.82, 2.24) is 0 Å². The van der Waals surface area contributed by atoms with Crippen LogP contribution in [0.25, 0.3) is 0 Å². The highest BCUT2D eigenvalue weighted by Crippen LogP contribution is 2.50. The van der Waals surface area contributed by atoms with Gasteiger partial charge in [-0.25, -0.2) is 0 Å². The van der Waals surface area contributed by atoms with Gasteiger partial charge in [-0.05, 0) is 53.8 Å². The molecule has 1 aliphatic carbocycles. The number of anilines is 1. The van der Waals surface area contributed by atoms with E-state index >= 15 is 0 Å². The van der Waals surface area contributed by atoms with Gasteiger partial charge in [-0.15, -0.1) is 0 Å². The Bertz CT molecular complexity index is 1090. The number of phenols is 1. The molecular formula is C25H26ClNO5. The van der Waals surface area contributed by atoms with E-state index in [0.29, 0.717) is 34.7 Å². The first-order chi connectivity index (χ1) is 15.1. The number of aromatic hydroxyl groups is 1. The minimum atomic E-state index is -0.451. The van der Waals surface area contributed by atoms with Crippen LogP contribution in [0, 0.1) is 5.41 Å². The van der Waals surface area contributed by atoms with Gasteiger partial charge in [0.15, 0.2) is 17.3 Å². The average Bonchev–Trinajstić information content (AvgIpc) is 2.73. The molecule has 4 rings (SSSR count). The second-order valence-corrected chi connectivity index (χ2v) is 9.47. The number of methoxy groups -OCH3 is 2. The van der Waals surface area contributed by atoms with E-state index in [-0.39, 0.29) is 40.8 Å². The molecule has 0 spiro atoms. The summed E-state index contributed by atoms with van der Waals surface area (Å²) in [6.45, 7) is 4.07. The summed E-state index contributed by atoms with van der Waals surface area (Å²) in [7, 11) is 2.90. The third-order valence-electron chi connectivity index (χ3n) is 6.13. The Morgan fingerprint density at radius 3 is 2.19 bits per heavy atom. The van der Waals surface area contributed by atoms with Crippen molar-refractivity contribution >= 4 is 29.0 Å². The van der Waals surface area contributed by atoms with Crippen molar-refractivity contribution in [3.63, 3.8) is 0 Å². The zero-order valence-electron chi connectivity index (χ0n) is 18.6. The van der Waals surface area contributed by atoms with Crippen LogP contribution in [-0.4, -0.2) is 31.0 Å². The van der Waals surface area contributed by atoms with Crippen LogP contribution in [0.4, 0.5) is 5.69 Å². The zero-order chi connectivity index (χ0) is 23.2. The van der Waals surface area contributed by atoms with Gasteiger partial charge in [0.05, 0.1) is 14.2 Å². The number of halogens is 1. The van der Waals surface area contributed by atoms with Crippen molar-refractivity contribution in [2.75, 3.05) is 19.1 Å². The Morgan fingerprint density at radius 2 is 1.62 bits per heavy atom. The van der Waals surface area contributed by atoms with Crippen LogP contribution in [-0.2, 0) is 9.59 Å². The van der Waals surface area contributed by atoms with Crippen molar-refractivity contribution in [2.45, 2.75) is 39.0 Å². The SMILES string of the molecule is COc1cc(C2CC(=O)N(c3ccc(Cl)cc3)C3=C2C(=O)CC(C)(C)C3)cc(OC)c1O. The molecular weight excluding hydrogens is 430 g/mol. The molecule has 2 aromatic carbocycles. The van der Waals surface area contributed by atoms with Crippen molar-refractivity contribution in [1.29, 1.82) is 0 Å². The molecule has 0 saturated carbocycles. The number of carbonyl (C=O) groups is 2. The standard InChI is InChI=1S/C25H26ClNO5/c1-25(2)12-18-23(19(28)13-25)17(14-9-20(31-3)24(30)21(10-14)32-4)11-22(29)27(18)16-7-5-15(26)6-8-16/h5-10,17,30H,11-13H2,1-4H3. The number of allylic oxidation sites excluding steroid dienone is 2. The number of Topliss-reactive ketones (excluding diaryl/α,β-unsaturated/α-hetero) is 1. The number of ketones is 1. The Hall–Kier alpha value is -2.99. The van der Waals surface area contributed by atoms with Gasteiger partial charge in [-0.2, -0.15) is 0 Å². The maximum Gasteiger partial charge on any atom is 0.232 e. The molecule has 2 aliphatic rings. The number of hydrogen-bond donors (Lipinski definition) is 1. The molecule has 0 radical (unpaired) electrons. The number of carbonyl (C=O) groups excluding carboxylic acids is 2. The fourth-order valence-electron chi connectivity index (χ4n) is 4.70. The fraction of sp³-hybridized carbons (Fsp3) is 0.360. The first-order valence-corrected chi connectivity index (χ1v) is 10.8. The molecule has 2 aromatic rings. The molecule has 7 heteroatoms. The van der Waals surface area contributed by atoms with Crippen LogP contribution in [0.15, 0.2) is 47.7 Å². The van der Waals surface area contributed by atoms with Crippen molar-refractivity contribution in [3.05, 3.63) is 58.3 Å². The number of amides is 1. The highest BCUT2D eigenvalue weighted by atomic mass is 35.5. The largest absolute Gasteiger partial charge is 0.502 e. The lowest BCUT2D eigenvalue weighted by atomic mass is 9.69. The van der Waals surface area contributed by atoms with Crippen molar-refractivity contribution in [3.8, 4) is 17.2 Å². The van der Waals surface area contributed by atoms with E-state index in [0.717, 1.165) is 5.70 Å². The van der Waals surface area contributed by atoms with E-state index in [9.17, 15) is 14.7 Å². The third kappa shape index (κ3) is 3.84. The van der Waals surface area contributed by atoms with Gasteiger partial charge in [0.1, 0.15) is 0 Å². The normalized spacial score (nSPS) is 20.3. The predicted octanol–water partition coefficient (Wildman–Crippen LogP) is 5.23. The summed E-state index contributed by atoms with van der Waals surface area (Å²) < 4.78 is 10.6. The van der Waals surface area contributed by atoms with Crippen LogP contribution < -0.4 is 14.4 Å². The fourth-order valence-corrected chi connectivity index (χ4v) is 4.83. The second-order valence-electron chi connectivity index (χ2n) is 9.04. The molecule has 1 N–H and O–H groups in total. The molecule has 0 aromatic heterocycles. The van der Waals surface area contributed by atoms with Gasteiger partial charge in [-0.1, -0.05) is 25.4 Å². The minimum absolute atomic E-state index is 0.0266. The number of nitrogens with zero attached hydrogens (tertiary/aromatic N) is 1. The molecule has 0 bridgehead atoms. The molecule has 0 saturated heterocycles. The lowest BCUT2D eigenvalue weighted by Crippen LogP contribution is -2.43. The maximum atomic E-state index is 13.4. The summed E-state index contributed by atoms with van der Waals surface area (Å²) >= 11 is 6.05. The molecule has 32 heavy (non-hydrogen) atoms. The minimum Gasteiger partial charge on any atom is -0.502 e. The summed E-state index contributed by atoms with van der Waals surface area (Å²) in [4.78, 5) is 28.5. The first kappa shape index (κ1) is 22.2. The lowest BCUT2D eigenvalue weighted by molar-refractivity contribution is -0.121. The van der Waals surface area contributed by atoms with E-state index in [1.807, 2.05) is 13.8 Å². The third-order valence-corrected chi connectivity index (χ3v) is 6.38. The number of phenolic OH excluding ortho intramolecular Hbond substituents is 1. The molecule has 6 nitrogen and oxygen atoms in total. The first-order valence-electron chi connectivity index (χ1n) is 10.4. The van der Waals surface area contributed by atoms with Crippen LogP contribution in [0.5, 0.6) is 17.2 Å². The van der Waals surface area contributed by atoms with E-state index < -0.39 is 5.92 Å². The molecule has 0 fully saturated rings. The number of hydrogen-bond acceptors (Lipinski definition) is 5. The topological polar surface area (TPSA) is 76.1 Å². The Balaban J connectivity index is 1.91. The molecule has 1 atom stereocenters. The van der Waals surface area contributed by atoms with Crippen LogP contribution in [0.2, 0.25) is 5.02 Å². The Kier molecular flexibility index (Phi) is 5.67. The Labute approximate surface area is 192 Å². The van der Waals surface area contributed by atoms with Crippen LogP contribution >= 0.6 is 11.6 Å². The molecule has 168 valence electrons. The van der Waals surface area contributed by atoms with Crippen molar-refractivity contribution < 1.29 is 24.2 Å². The van der Waals surface area contributed by atoms with Crippen LogP contribution in [0.3, 0.4) is 0 Å². The van der Waals surface area contributed by atoms with Gasteiger partial charge < -0.3 is 14.6 Å². The van der Waals surface area contributed by atoms with E-state index in [1.165, 1.54) is 14.2 Å². The second kappa shape index (κ2) is 8.17. The molecule has 1 unspecified atom stereocenters. The van der Waals surface area contributed by atoms with Gasteiger partial charge in [0, 0.05) is 40.7 Å². The Morgan fingerprint density at radius 1 is 1.03 bits per heavy atom. The highest BCUT2D eigenvalue weighted by Gasteiger charge is 2.44. The van der Waals surface area contributed by atoms with E-state index in [2.05, 4.69) is 0 Å². The van der Waals surface area contributed by atoms with Crippen LogP contribution in [0.1, 0.15) is 44.6 Å². The zero-order valence-corrected chi connectivity index (χ0v) is 19.3. The quantitative estimate of drug-likeness (QED) is 0.683. The summed E-state index contributed by atoms with van der Waals surface area (Å²) in [5.74, 6) is -0.177. The average molecular weight is 456 g/mol. The smallest absolute Gasteiger partial charge is 0.232 e. The molecule has 1 heterocycles. The van der Waals surface area contributed by atoms with Gasteiger partial charge in [0.2, 0.25) is 11.7 Å². The summed E-state index contributed by atoms with van der Waals surface area (Å²) in [6, 6.07) is 10.4. The van der Waals surface area contributed by atoms with Gasteiger partial charge in [-0.3, -0.25) is 14.5 Å². The van der Waals surface area contributed by atoms with Gasteiger partial charge in [0.25, 0.3) is 0 Å². The molecule has 1 amide bonds. The number of ether oxygens (including phenoxy) is 2. The summed E-state index contributed by atoms with van der Waals surface area (Å²) in [6.07, 6.45) is 1.10. The maximum absolute atomic E-state index is 13.4. The van der Waals surface area contributed by atoms with E-state index in [4.69, 9.17) is 21.1 Å². The highest BCUT2D eigenvalue weighted by molar-refractivity contribution is 6.30. The van der Waals surface area contributed by atoms with E-state index in [1.54, 1.807) is 41.3 Å².